The summed E-state index contributed by atoms with van der Waals surface area (Å²) in [5, 5.41) is 2.81. The number of hydrogen-bond acceptors (Lipinski definition) is 3. The third-order valence-electron chi connectivity index (χ3n) is 3.27. The molecule has 3 N–H and O–H groups in total. The van der Waals surface area contributed by atoms with Gasteiger partial charge in [-0.1, -0.05) is 24.4 Å². The van der Waals surface area contributed by atoms with Gasteiger partial charge in [-0.2, -0.15) is 0 Å². The fourth-order valence-electron chi connectivity index (χ4n) is 1.90. The van der Waals surface area contributed by atoms with E-state index in [1.165, 1.54) is 6.42 Å². The summed E-state index contributed by atoms with van der Waals surface area (Å²) < 4.78 is 5.64. The van der Waals surface area contributed by atoms with Crippen LogP contribution in [0.4, 0.5) is 5.69 Å². The fraction of sp³-hybridized carbons (Fsp3) is 0.429. The largest absolute Gasteiger partial charge is 0.389 e. The van der Waals surface area contributed by atoms with Gasteiger partial charge in [0.15, 0.2) is 0 Å². The summed E-state index contributed by atoms with van der Waals surface area (Å²) in [5.41, 5.74) is 6.92. The number of hydrogen-bond donors (Lipinski definition) is 2. The molecule has 1 aliphatic carbocycles. The van der Waals surface area contributed by atoms with Crippen LogP contribution in [0.25, 0.3) is 0 Å². The molecule has 0 saturated heterocycles. The van der Waals surface area contributed by atoms with Crippen LogP contribution in [0, 0.1) is 0 Å². The van der Waals surface area contributed by atoms with Gasteiger partial charge in [-0.15, -0.1) is 0 Å². The Balaban J connectivity index is 1.99. The van der Waals surface area contributed by atoms with Gasteiger partial charge < -0.3 is 15.8 Å². The van der Waals surface area contributed by atoms with Crippen molar-refractivity contribution in [2.45, 2.75) is 38.4 Å². The van der Waals surface area contributed by atoms with Crippen LogP contribution in [0.15, 0.2) is 24.3 Å². The zero-order chi connectivity index (χ0) is 13.8. The number of rotatable bonds is 5. The lowest BCUT2D eigenvalue weighted by Crippen LogP contribution is -2.34. The first-order valence-corrected chi connectivity index (χ1v) is 6.84. The second-order valence-electron chi connectivity index (χ2n) is 4.73. The molecule has 1 atom stereocenters. The number of para-hydroxylation sites is 1. The minimum atomic E-state index is -0.468. The summed E-state index contributed by atoms with van der Waals surface area (Å²) >= 11 is 4.96. The molecule has 2 rings (SSSR count). The van der Waals surface area contributed by atoms with Crippen molar-refractivity contribution in [1.29, 1.82) is 0 Å². The number of nitrogens with two attached hydrogens (primary N) is 1. The number of carbonyl (C=O) groups is 1. The second kappa shape index (κ2) is 6.12. The van der Waals surface area contributed by atoms with E-state index < -0.39 is 6.10 Å². The van der Waals surface area contributed by atoms with E-state index in [2.05, 4.69) is 5.32 Å². The molecule has 19 heavy (non-hydrogen) atoms. The zero-order valence-electron chi connectivity index (χ0n) is 10.9. The molecule has 1 aliphatic rings. The highest BCUT2D eigenvalue weighted by Crippen LogP contribution is 2.23. The molecule has 0 spiro atoms. The van der Waals surface area contributed by atoms with E-state index in [-0.39, 0.29) is 17.0 Å². The van der Waals surface area contributed by atoms with Gasteiger partial charge in [-0.05, 0) is 38.3 Å². The predicted molar refractivity (Wildman–Crippen MR) is 79.1 cm³/mol. The molecule has 1 aromatic carbocycles. The molecule has 4 nitrogen and oxygen atoms in total. The Morgan fingerprint density at radius 3 is 2.74 bits per heavy atom. The first-order chi connectivity index (χ1) is 9.08. The van der Waals surface area contributed by atoms with Crippen molar-refractivity contribution in [2.24, 2.45) is 5.73 Å². The Hall–Kier alpha value is -1.46. The van der Waals surface area contributed by atoms with Gasteiger partial charge in [0.1, 0.15) is 11.1 Å². The summed E-state index contributed by atoms with van der Waals surface area (Å²) in [5.74, 6) is -0.171. The van der Waals surface area contributed by atoms with Crippen molar-refractivity contribution in [3.05, 3.63) is 29.8 Å². The van der Waals surface area contributed by atoms with E-state index in [4.69, 9.17) is 22.7 Å². The second-order valence-corrected chi connectivity index (χ2v) is 5.17. The molecule has 0 heterocycles. The molecule has 0 bridgehead atoms. The van der Waals surface area contributed by atoms with Crippen LogP contribution in [0.1, 0.15) is 31.7 Å². The molecule has 1 fully saturated rings. The monoisotopic (exact) mass is 278 g/mol. The Kier molecular flexibility index (Phi) is 4.50. The van der Waals surface area contributed by atoms with Gasteiger partial charge in [0.2, 0.25) is 0 Å². The Bertz CT molecular complexity index is 486. The van der Waals surface area contributed by atoms with Crippen molar-refractivity contribution in [3.8, 4) is 0 Å². The summed E-state index contributed by atoms with van der Waals surface area (Å²) in [7, 11) is 0. The number of amides is 1. The highest BCUT2D eigenvalue weighted by molar-refractivity contribution is 7.80. The summed E-state index contributed by atoms with van der Waals surface area (Å²) in [4.78, 5) is 12.3. The quantitative estimate of drug-likeness (QED) is 0.811. The maximum atomic E-state index is 12.0. The molecule has 1 amide bonds. The van der Waals surface area contributed by atoms with Crippen LogP contribution in [0.5, 0.6) is 0 Å². The smallest absolute Gasteiger partial charge is 0.253 e. The number of thiocarbonyl (C=S) groups is 1. The molecular weight excluding hydrogens is 260 g/mol. The van der Waals surface area contributed by atoms with Gasteiger partial charge >= 0.3 is 0 Å². The average molecular weight is 278 g/mol. The Morgan fingerprint density at radius 1 is 1.47 bits per heavy atom. The topological polar surface area (TPSA) is 64.3 Å². The third kappa shape index (κ3) is 3.52. The van der Waals surface area contributed by atoms with Crippen LogP contribution < -0.4 is 11.1 Å². The molecule has 0 radical (unpaired) electrons. The minimum Gasteiger partial charge on any atom is -0.389 e. The maximum absolute atomic E-state index is 12.0. The van der Waals surface area contributed by atoms with E-state index >= 15 is 0 Å². The van der Waals surface area contributed by atoms with Crippen molar-refractivity contribution < 1.29 is 9.53 Å². The van der Waals surface area contributed by atoms with Gasteiger partial charge in [0.05, 0.1) is 11.8 Å². The molecule has 0 aromatic heterocycles. The van der Waals surface area contributed by atoms with Crippen LogP contribution >= 0.6 is 12.2 Å². The highest BCUT2D eigenvalue weighted by atomic mass is 32.1. The molecule has 1 unspecified atom stereocenters. The number of ether oxygens (including phenoxy) is 1. The van der Waals surface area contributed by atoms with Gasteiger partial charge in [-0.3, -0.25) is 4.79 Å². The summed E-state index contributed by atoms with van der Waals surface area (Å²) in [6, 6.07) is 7.23. The van der Waals surface area contributed by atoms with Gasteiger partial charge in [0, 0.05) is 5.56 Å². The SMILES string of the molecule is CC(OC1CCC1)C(=O)Nc1ccccc1C(N)=S. The van der Waals surface area contributed by atoms with Crippen LogP contribution in [-0.2, 0) is 9.53 Å². The normalized spacial score (nSPS) is 16.5. The Labute approximate surface area is 118 Å². The molecule has 1 aromatic rings. The molecular formula is C14H18N2O2S. The van der Waals surface area contributed by atoms with Crippen molar-refractivity contribution in [3.63, 3.8) is 0 Å². The first-order valence-electron chi connectivity index (χ1n) is 6.43. The lowest BCUT2D eigenvalue weighted by molar-refractivity contribution is -0.133. The van der Waals surface area contributed by atoms with Crippen LogP contribution in [0.3, 0.4) is 0 Å². The molecule has 1 saturated carbocycles. The van der Waals surface area contributed by atoms with E-state index in [0.29, 0.717) is 11.3 Å². The minimum absolute atomic E-state index is 0.171. The standard InChI is InChI=1S/C14H18N2O2S/c1-9(18-10-5-4-6-10)14(17)16-12-8-3-2-7-11(12)13(15)19/h2-3,7-10H,4-6H2,1H3,(H2,15,19)(H,16,17). The van der Waals surface area contributed by atoms with E-state index in [9.17, 15) is 4.79 Å². The number of nitrogens with one attached hydrogen (secondary N) is 1. The Morgan fingerprint density at radius 2 is 2.16 bits per heavy atom. The van der Waals surface area contributed by atoms with Gasteiger partial charge in [-0.25, -0.2) is 0 Å². The lowest BCUT2D eigenvalue weighted by atomic mass is 9.96. The van der Waals surface area contributed by atoms with Crippen LogP contribution in [0.2, 0.25) is 0 Å². The summed E-state index contributed by atoms with van der Waals surface area (Å²) in [6.07, 6.45) is 3.03. The predicted octanol–water partition coefficient (Wildman–Crippen LogP) is 2.22. The van der Waals surface area contributed by atoms with E-state index in [0.717, 1.165) is 12.8 Å². The van der Waals surface area contributed by atoms with Crippen molar-refractivity contribution >= 4 is 28.8 Å². The van der Waals surface area contributed by atoms with Gasteiger partial charge in [0.25, 0.3) is 5.91 Å². The number of carbonyl (C=O) groups excluding carboxylic acids is 1. The third-order valence-corrected chi connectivity index (χ3v) is 3.49. The molecule has 102 valence electrons. The molecule has 0 aliphatic heterocycles. The fourth-order valence-corrected chi connectivity index (χ4v) is 2.08. The van der Waals surface area contributed by atoms with E-state index in [1.54, 1.807) is 19.1 Å². The zero-order valence-corrected chi connectivity index (χ0v) is 11.7. The lowest BCUT2D eigenvalue weighted by Gasteiger charge is -2.28. The maximum Gasteiger partial charge on any atom is 0.253 e. The average Bonchev–Trinajstić information content (AvgIpc) is 2.33. The number of anilines is 1. The van der Waals surface area contributed by atoms with Crippen molar-refractivity contribution in [1.82, 2.24) is 0 Å². The molecule has 5 heteroatoms. The highest BCUT2D eigenvalue weighted by Gasteiger charge is 2.24. The van der Waals surface area contributed by atoms with Crippen LogP contribution in [-0.4, -0.2) is 23.1 Å². The first kappa shape index (κ1) is 14.0. The number of benzene rings is 1. The van der Waals surface area contributed by atoms with Crippen molar-refractivity contribution in [2.75, 3.05) is 5.32 Å². The summed E-state index contributed by atoms with van der Waals surface area (Å²) in [6.45, 7) is 1.76. The van der Waals surface area contributed by atoms with E-state index in [1.807, 2.05) is 12.1 Å².